The molecule has 0 saturated heterocycles. The Hall–Kier alpha value is -3.14. The van der Waals surface area contributed by atoms with E-state index in [9.17, 15) is 18.0 Å². The van der Waals surface area contributed by atoms with E-state index in [0.29, 0.717) is 30.4 Å². The number of hydrogen-bond donors (Lipinski definition) is 1. The number of nitrogens with zero attached hydrogens (tertiary/aromatic N) is 2. The number of halogens is 3. The maximum absolute atomic E-state index is 13.1. The molecule has 0 radical (unpaired) electrons. The normalized spacial score (nSPS) is 13.2. The first-order chi connectivity index (χ1) is 14.4. The summed E-state index contributed by atoms with van der Waals surface area (Å²) in [5.74, 6) is 0.810. The molecular weight excluding hydrogens is 419 g/mol. The van der Waals surface area contributed by atoms with Gasteiger partial charge in [-0.05, 0) is 42.5 Å². The summed E-state index contributed by atoms with van der Waals surface area (Å²) in [6.07, 6.45) is -1.44. The van der Waals surface area contributed by atoms with Gasteiger partial charge in [-0.25, -0.2) is 4.68 Å². The van der Waals surface area contributed by atoms with Gasteiger partial charge >= 0.3 is 6.18 Å². The lowest BCUT2D eigenvalue weighted by Gasteiger charge is -2.18. The van der Waals surface area contributed by atoms with Crippen LogP contribution in [0.15, 0.2) is 59.8 Å². The molecule has 6 nitrogen and oxygen atoms in total. The quantitative estimate of drug-likeness (QED) is 0.602. The van der Waals surface area contributed by atoms with Crippen LogP contribution in [-0.2, 0) is 11.0 Å². The molecule has 3 aromatic rings. The van der Waals surface area contributed by atoms with Crippen molar-refractivity contribution < 1.29 is 27.4 Å². The van der Waals surface area contributed by atoms with Gasteiger partial charge in [-0.1, -0.05) is 0 Å². The van der Waals surface area contributed by atoms with E-state index in [1.54, 1.807) is 30.5 Å². The molecule has 0 bridgehead atoms. The zero-order valence-corrected chi connectivity index (χ0v) is 16.3. The van der Waals surface area contributed by atoms with Crippen molar-refractivity contribution in [1.29, 1.82) is 0 Å². The highest BCUT2D eigenvalue weighted by molar-refractivity contribution is 8.00. The molecule has 0 atom stereocenters. The maximum Gasteiger partial charge on any atom is 0.416 e. The molecular formula is C20H16F3N3O3S. The topological polar surface area (TPSA) is 65.4 Å². The van der Waals surface area contributed by atoms with Crippen LogP contribution in [0.3, 0.4) is 0 Å². The number of carbonyl (C=O) groups excluding carboxylic acids is 1. The van der Waals surface area contributed by atoms with E-state index in [1.165, 1.54) is 28.7 Å². The first-order valence-electron chi connectivity index (χ1n) is 8.94. The van der Waals surface area contributed by atoms with Crippen LogP contribution in [0.5, 0.6) is 11.5 Å². The van der Waals surface area contributed by atoms with E-state index in [2.05, 4.69) is 10.4 Å². The second-order valence-corrected chi connectivity index (χ2v) is 7.37. The van der Waals surface area contributed by atoms with E-state index in [1.807, 2.05) is 0 Å². The summed E-state index contributed by atoms with van der Waals surface area (Å²) in [5.41, 5.74) is -0.486. The number of aromatic nitrogens is 2. The van der Waals surface area contributed by atoms with E-state index in [-0.39, 0.29) is 11.4 Å². The largest absolute Gasteiger partial charge is 0.486 e. The van der Waals surface area contributed by atoms with Gasteiger partial charge in [-0.15, -0.1) is 11.8 Å². The smallest absolute Gasteiger partial charge is 0.416 e. The molecule has 156 valence electrons. The first-order valence-corrected chi connectivity index (χ1v) is 9.92. The molecule has 30 heavy (non-hydrogen) atoms. The van der Waals surface area contributed by atoms with Crippen LogP contribution < -0.4 is 14.8 Å². The second-order valence-electron chi connectivity index (χ2n) is 6.32. The summed E-state index contributed by atoms with van der Waals surface area (Å²) in [6, 6.07) is 10.1. The summed E-state index contributed by atoms with van der Waals surface area (Å²) in [6.45, 7) is 0.935. The summed E-state index contributed by atoms with van der Waals surface area (Å²) >= 11 is 1.24. The average molecular weight is 435 g/mol. The number of amides is 1. The number of alkyl halides is 3. The van der Waals surface area contributed by atoms with Crippen LogP contribution in [0, 0.1) is 0 Å². The van der Waals surface area contributed by atoms with Gasteiger partial charge in [0, 0.05) is 17.3 Å². The lowest BCUT2D eigenvalue weighted by atomic mass is 10.1. The molecule has 0 fully saturated rings. The van der Waals surface area contributed by atoms with Gasteiger partial charge in [0.1, 0.15) is 13.2 Å². The van der Waals surface area contributed by atoms with Crippen molar-refractivity contribution >= 4 is 23.4 Å². The van der Waals surface area contributed by atoms with Crippen molar-refractivity contribution in [1.82, 2.24) is 9.78 Å². The number of hydrogen-bond acceptors (Lipinski definition) is 5. The number of benzene rings is 2. The Morgan fingerprint density at radius 3 is 2.67 bits per heavy atom. The Balaban J connectivity index is 1.49. The van der Waals surface area contributed by atoms with E-state index >= 15 is 0 Å². The Labute approximate surface area is 174 Å². The molecule has 0 spiro atoms. The Kier molecular flexibility index (Phi) is 5.58. The van der Waals surface area contributed by atoms with E-state index in [4.69, 9.17) is 9.47 Å². The van der Waals surface area contributed by atoms with E-state index in [0.717, 1.165) is 17.0 Å². The molecule has 4 rings (SSSR count). The standard InChI is InChI=1S/C20H16F3N3O3S/c21-20(22,23)13-2-4-16(26-7-1-6-24-26)15(10-13)25-19(27)12-30-14-3-5-17-18(11-14)29-9-8-28-17/h1-7,10-11H,8-9,12H2,(H,25,27). The number of thioether (sulfide) groups is 1. The maximum atomic E-state index is 13.1. The third kappa shape index (κ3) is 4.54. The molecule has 1 aliphatic heterocycles. The third-order valence-electron chi connectivity index (χ3n) is 4.23. The SMILES string of the molecule is O=C(CSc1ccc2c(c1)OCCO2)Nc1cc(C(F)(F)F)ccc1-n1cccn1. The minimum Gasteiger partial charge on any atom is -0.486 e. The van der Waals surface area contributed by atoms with Gasteiger partial charge in [0.15, 0.2) is 11.5 Å². The molecule has 1 aliphatic rings. The van der Waals surface area contributed by atoms with Gasteiger partial charge < -0.3 is 14.8 Å². The van der Waals surface area contributed by atoms with Crippen LogP contribution in [0.1, 0.15) is 5.56 Å². The van der Waals surface area contributed by atoms with Crippen molar-refractivity contribution in [2.75, 3.05) is 24.3 Å². The predicted octanol–water partition coefficient (Wildman–Crippen LogP) is 4.39. The van der Waals surface area contributed by atoms with Crippen molar-refractivity contribution in [2.24, 2.45) is 0 Å². The van der Waals surface area contributed by atoms with Gasteiger partial charge in [-0.2, -0.15) is 18.3 Å². The molecule has 0 aliphatic carbocycles. The second kappa shape index (κ2) is 8.31. The lowest BCUT2D eigenvalue weighted by molar-refractivity contribution is -0.137. The zero-order valence-electron chi connectivity index (χ0n) is 15.5. The fraction of sp³-hybridized carbons (Fsp3) is 0.200. The van der Waals surface area contributed by atoms with Crippen molar-refractivity contribution in [3.05, 3.63) is 60.4 Å². The molecule has 1 amide bonds. The van der Waals surface area contributed by atoms with Crippen molar-refractivity contribution in [3.8, 4) is 17.2 Å². The molecule has 1 aromatic heterocycles. The molecule has 1 N–H and O–H groups in total. The Morgan fingerprint density at radius 2 is 1.93 bits per heavy atom. The van der Waals surface area contributed by atoms with Crippen molar-refractivity contribution in [3.63, 3.8) is 0 Å². The summed E-state index contributed by atoms with van der Waals surface area (Å²) in [7, 11) is 0. The number of rotatable bonds is 5. The van der Waals surface area contributed by atoms with Crippen LogP contribution in [0.2, 0.25) is 0 Å². The number of carbonyl (C=O) groups is 1. The Bertz CT molecular complexity index is 1060. The number of ether oxygens (including phenoxy) is 2. The lowest BCUT2D eigenvalue weighted by Crippen LogP contribution is -2.17. The molecule has 2 aromatic carbocycles. The van der Waals surface area contributed by atoms with Gasteiger partial charge in [0.2, 0.25) is 5.91 Å². The van der Waals surface area contributed by atoms with Crippen LogP contribution >= 0.6 is 11.8 Å². The monoisotopic (exact) mass is 435 g/mol. The predicted molar refractivity (Wildman–Crippen MR) is 105 cm³/mol. The van der Waals surface area contributed by atoms with E-state index < -0.39 is 17.6 Å². The Morgan fingerprint density at radius 1 is 1.13 bits per heavy atom. The number of fused-ring (bicyclic) bond motifs is 1. The minimum absolute atomic E-state index is 0.00837. The molecule has 0 saturated carbocycles. The van der Waals surface area contributed by atoms with Gasteiger partial charge in [0.25, 0.3) is 0 Å². The van der Waals surface area contributed by atoms with Gasteiger partial charge in [-0.3, -0.25) is 4.79 Å². The van der Waals surface area contributed by atoms with Crippen LogP contribution in [0.25, 0.3) is 5.69 Å². The fourth-order valence-corrected chi connectivity index (χ4v) is 3.60. The first kappa shape index (κ1) is 20.1. The summed E-state index contributed by atoms with van der Waals surface area (Å²) in [4.78, 5) is 13.2. The molecule has 2 heterocycles. The van der Waals surface area contributed by atoms with Crippen LogP contribution in [-0.4, -0.2) is 34.7 Å². The summed E-state index contributed by atoms with van der Waals surface area (Å²) in [5, 5.41) is 6.60. The highest BCUT2D eigenvalue weighted by Gasteiger charge is 2.31. The summed E-state index contributed by atoms with van der Waals surface area (Å²) < 4.78 is 51.7. The van der Waals surface area contributed by atoms with Crippen LogP contribution in [0.4, 0.5) is 18.9 Å². The van der Waals surface area contributed by atoms with Gasteiger partial charge in [0.05, 0.1) is 22.7 Å². The molecule has 0 unspecified atom stereocenters. The van der Waals surface area contributed by atoms with Crippen molar-refractivity contribution in [2.45, 2.75) is 11.1 Å². The average Bonchev–Trinajstić information content (AvgIpc) is 3.26. The number of nitrogens with one attached hydrogen (secondary N) is 1. The number of anilines is 1. The highest BCUT2D eigenvalue weighted by atomic mass is 32.2. The zero-order chi connectivity index (χ0) is 21.1. The minimum atomic E-state index is -4.53. The molecule has 10 heteroatoms. The third-order valence-corrected chi connectivity index (χ3v) is 5.23. The fourth-order valence-electron chi connectivity index (χ4n) is 2.87. The highest BCUT2D eigenvalue weighted by Crippen LogP contribution is 2.35.